The van der Waals surface area contributed by atoms with Crippen molar-refractivity contribution in [3.8, 4) is 0 Å². The summed E-state index contributed by atoms with van der Waals surface area (Å²) >= 11 is 9.82. The van der Waals surface area contributed by atoms with Crippen LogP contribution in [0.2, 0.25) is 0 Å². The zero-order chi connectivity index (χ0) is 26.3. The monoisotopic (exact) mass is 719 g/mol. The molecule has 3 aromatic heterocycles. The Kier molecular flexibility index (Phi) is 12.5. The first kappa shape index (κ1) is 30.8. The van der Waals surface area contributed by atoms with Crippen molar-refractivity contribution in [1.82, 2.24) is 0 Å². The van der Waals surface area contributed by atoms with Crippen LogP contribution in [0, 0.1) is 12.7 Å². The van der Waals surface area contributed by atoms with E-state index in [-0.39, 0.29) is 26.6 Å². The molecule has 0 unspecified atom stereocenters. The predicted molar refractivity (Wildman–Crippen MR) is 165 cm³/mol. The van der Waals surface area contributed by atoms with E-state index in [4.69, 9.17) is 0 Å². The fourth-order valence-corrected chi connectivity index (χ4v) is 13.6. The number of hydrogen-bond donors (Lipinski definition) is 0. The molecule has 0 aromatic carbocycles. The molecule has 0 aliphatic carbocycles. The Morgan fingerprint density at radius 2 is 1.42 bits per heavy atom. The van der Waals surface area contributed by atoms with Gasteiger partial charge in [-0.15, -0.1) is 0 Å². The van der Waals surface area contributed by atoms with Crippen molar-refractivity contribution >= 4 is 49.9 Å². The Hall–Kier alpha value is 0.310. The molecule has 0 bridgehead atoms. The van der Waals surface area contributed by atoms with Crippen LogP contribution in [0.1, 0.15) is 130 Å². The van der Waals surface area contributed by atoms with Gasteiger partial charge in [-0.2, -0.15) is 0 Å². The van der Waals surface area contributed by atoms with Gasteiger partial charge in [-0.3, -0.25) is 0 Å². The van der Waals surface area contributed by atoms with Gasteiger partial charge in [0.15, 0.2) is 0 Å². The number of halogens is 2. The van der Waals surface area contributed by atoms with Gasteiger partial charge in [0.2, 0.25) is 0 Å². The van der Waals surface area contributed by atoms with E-state index in [0.29, 0.717) is 5.92 Å². The van der Waals surface area contributed by atoms with Gasteiger partial charge in [-0.05, 0) is 0 Å². The van der Waals surface area contributed by atoms with Crippen molar-refractivity contribution in [3.05, 3.63) is 59.1 Å². The number of thiophene rings is 3. The van der Waals surface area contributed by atoms with Gasteiger partial charge < -0.3 is 0 Å². The van der Waals surface area contributed by atoms with Gasteiger partial charge in [-0.1, -0.05) is 0 Å². The van der Waals surface area contributed by atoms with E-state index in [9.17, 15) is 0 Å². The second-order valence-corrected chi connectivity index (χ2v) is 19.7. The topological polar surface area (TPSA) is 0 Å². The Balaban J connectivity index is 1.88. The minimum atomic E-state index is -0.131. The maximum atomic E-state index is 3.77. The SMILES string of the molecule is CCCCCCc1cc(C(C)(C)c2cc(C)c(Br)s2)sc1[I-]c1cc(CCCCCC)c(C(C)C)s1. The van der Waals surface area contributed by atoms with Gasteiger partial charge in [0.05, 0.1) is 0 Å². The summed E-state index contributed by atoms with van der Waals surface area (Å²) in [7, 11) is 0. The summed E-state index contributed by atoms with van der Waals surface area (Å²) in [4.78, 5) is 4.68. The van der Waals surface area contributed by atoms with Crippen molar-refractivity contribution in [1.29, 1.82) is 0 Å². The number of aryl methyl sites for hydroxylation is 3. The average Bonchev–Trinajstić information content (AvgIpc) is 3.53. The quantitative estimate of drug-likeness (QED) is 0.109. The van der Waals surface area contributed by atoms with Gasteiger partial charge in [0.1, 0.15) is 0 Å². The van der Waals surface area contributed by atoms with E-state index >= 15 is 0 Å². The first-order chi connectivity index (χ1) is 17.2. The molecule has 0 spiro atoms. The fraction of sp³-hybridized carbons (Fsp3) is 0.613. The number of hydrogen-bond acceptors (Lipinski definition) is 3. The van der Waals surface area contributed by atoms with Crippen LogP contribution in [-0.4, -0.2) is 0 Å². The Labute approximate surface area is 252 Å². The average molecular weight is 721 g/mol. The van der Waals surface area contributed by atoms with Crippen LogP contribution in [0.15, 0.2) is 22.0 Å². The Morgan fingerprint density at radius 1 is 0.806 bits per heavy atom. The van der Waals surface area contributed by atoms with Gasteiger partial charge in [0, 0.05) is 0 Å². The van der Waals surface area contributed by atoms with E-state index < -0.39 is 0 Å². The van der Waals surface area contributed by atoms with Crippen molar-refractivity contribution in [2.24, 2.45) is 0 Å². The second-order valence-electron chi connectivity index (χ2n) is 10.9. The summed E-state index contributed by atoms with van der Waals surface area (Å²) in [6.07, 6.45) is 13.3. The molecule has 3 rings (SSSR count). The van der Waals surface area contributed by atoms with Crippen molar-refractivity contribution in [2.75, 3.05) is 0 Å². The van der Waals surface area contributed by atoms with Gasteiger partial charge in [0.25, 0.3) is 0 Å². The van der Waals surface area contributed by atoms with Crippen LogP contribution in [0.25, 0.3) is 0 Å². The summed E-state index contributed by atoms with van der Waals surface area (Å²) in [6, 6.07) is 7.60. The molecule has 0 saturated carbocycles. The summed E-state index contributed by atoms with van der Waals surface area (Å²) in [5, 5.41) is 0. The molecule has 0 saturated heterocycles. The summed E-state index contributed by atoms with van der Waals surface area (Å²) in [6.45, 7) is 16.5. The molecule has 0 aliphatic heterocycles. The van der Waals surface area contributed by atoms with Gasteiger partial charge in [-0.25, -0.2) is 0 Å². The maximum absolute atomic E-state index is 3.77. The van der Waals surface area contributed by atoms with Crippen LogP contribution >= 0.6 is 49.9 Å². The predicted octanol–water partition coefficient (Wildman–Crippen LogP) is 8.77. The third kappa shape index (κ3) is 8.16. The zero-order valence-corrected chi connectivity index (χ0v) is 29.6. The molecule has 0 amide bonds. The molecule has 0 atom stereocenters. The molecule has 36 heavy (non-hydrogen) atoms. The van der Waals surface area contributed by atoms with Crippen molar-refractivity contribution < 1.29 is 21.2 Å². The molecule has 0 fully saturated rings. The van der Waals surface area contributed by atoms with Crippen molar-refractivity contribution in [3.63, 3.8) is 0 Å². The molecule has 3 aromatic rings. The summed E-state index contributed by atoms with van der Waals surface area (Å²) in [5.41, 5.74) is 4.73. The summed E-state index contributed by atoms with van der Waals surface area (Å²) < 4.78 is 4.68. The molecule has 0 aliphatic rings. The first-order valence-electron chi connectivity index (χ1n) is 13.8. The van der Waals surface area contributed by atoms with E-state index in [2.05, 4.69) is 105 Å². The molecular weight excluding hydrogens is 675 g/mol. The zero-order valence-electron chi connectivity index (χ0n) is 23.4. The second kappa shape index (κ2) is 14.6. The Bertz CT molecular complexity index is 1070. The molecule has 3 heterocycles. The van der Waals surface area contributed by atoms with Crippen molar-refractivity contribution in [2.45, 2.75) is 124 Å². The normalized spacial score (nSPS) is 12.4. The number of rotatable bonds is 15. The van der Waals surface area contributed by atoms with Crippen LogP contribution in [0.3, 0.4) is 0 Å². The van der Waals surface area contributed by atoms with Crippen LogP contribution < -0.4 is 21.2 Å². The molecular formula is C31H45BrIS3-. The number of unbranched alkanes of at least 4 members (excludes halogenated alkanes) is 6. The van der Waals surface area contributed by atoms with Crippen LogP contribution in [0.4, 0.5) is 0 Å². The van der Waals surface area contributed by atoms with E-state index in [1.165, 1.54) is 78.4 Å². The fourth-order valence-electron chi connectivity index (χ4n) is 4.56. The molecule has 0 nitrogen and oxygen atoms in total. The van der Waals surface area contributed by atoms with Gasteiger partial charge >= 0.3 is 254 Å². The Morgan fingerprint density at radius 3 is 1.97 bits per heavy atom. The third-order valence-electron chi connectivity index (χ3n) is 6.96. The van der Waals surface area contributed by atoms with E-state index in [0.717, 1.165) is 0 Å². The summed E-state index contributed by atoms with van der Waals surface area (Å²) in [5.74, 6) is 0.640. The molecule has 202 valence electrons. The van der Waals surface area contributed by atoms with Crippen LogP contribution in [-0.2, 0) is 18.3 Å². The van der Waals surface area contributed by atoms with E-state index in [1.54, 1.807) is 26.6 Å². The standard InChI is InChI=1S/C31H45BrIS3/c1-8-10-12-14-16-23-20-27(36-28(23)21(3)4)33-30-24(17-15-13-11-9-2)19-26(35-30)31(6,7)25-18-22(5)29(32)34-25/h18-21H,8-17H2,1-7H3/q-1. The third-order valence-corrected chi connectivity index (χ3v) is 16.4. The minimum absolute atomic E-state index is 0.0647. The molecule has 0 radical (unpaired) electrons. The van der Waals surface area contributed by atoms with Crippen LogP contribution in [0.5, 0.6) is 0 Å². The molecule has 5 heteroatoms. The molecule has 0 N–H and O–H groups in total. The first-order valence-corrected chi connectivity index (χ1v) is 19.2. The van der Waals surface area contributed by atoms with E-state index in [1.807, 2.05) is 11.3 Å².